The largest absolute Gasteiger partial charge is 0.369 e. The van der Waals surface area contributed by atoms with E-state index in [9.17, 15) is 9.18 Å². The van der Waals surface area contributed by atoms with Crippen molar-refractivity contribution in [3.63, 3.8) is 0 Å². The SMILES string of the molecule is CCOC(C)C(=O)NCCSCc1ccccc1F. The molecule has 19 heavy (non-hydrogen) atoms. The molecule has 0 bridgehead atoms. The number of amides is 1. The van der Waals surface area contributed by atoms with Crippen LogP contribution < -0.4 is 5.32 Å². The van der Waals surface area contributed by atoms with Gasteiger partial charge >= 0.3 is 0 Å². The van der Waals surface area contributed by atoms with Crippen molar-refractivity contribution in [3.8, 4) is 0 Å². The highest BCUT2D eigenvalue weighted by Crippen LogP contribution is 2.14. The Labute approximate surface area is 117 Å². The minimum Gasteiger partial charge on any atom is -0.369 e. The lowest BCUT2D eigenvalue weighted by Gasteiger charge is -2.11. The van der Waals surface area contributed by atoms with E-state index >= 15 is 0 Å². The topological polar surface area (TPSA) is 38.3 Å². The molecule has 0 aliphatic heterocycles. The van der Waals surface area contributed by atoms with Gasteiger partial charge in [-0.15, -0.1) is 0 Å². The van der Waals surface area contributed by atoms with Gasteiger partial charge in [0.05, 0.1) is 0 Å². The van der Waals surface area contributed by atoms with Crippen LogP contribution in [-0.4, -0.2) is 30.9 Å². The van der Waals surface area contributed by atoms with Crippen LogP contribution in [0.15, 0.2) is 24.3 Å². The number of hydrogen-bond acceptors (Lipinski definition) is 3. The van der Waals surface area contributed by atoms with Crippen molar-refractivity contribution in [2.24, 2.45) is 0 Å². The van der Waals surface area contributed by atoms with E-state index in [4.69, 9.17) is 4.74 Å². The van der Waals surface area contributed by atoms with Crippen LogP contribution in [0.2, 0.25) is 0 Å². The average molecular weight is 285 g/mol. The smallest absolute Gasteiger partial charge is 0.248 e. The molecule has 1 aromatic carbocycles. The summed E-state index contributed by atoms with van der Waals surface area (Å²) in [6.07, 6.45) is -0.415. The lowest BCUT2D eigenvalue weighted by atomic mass is 10.2. The zero-order valence-corrected chi connectivity index (χ0v) is 12.1. The second kappa shape index (κ2) is 8.93. The number of thioether (sulfide) groups is 1. The normalized spacial score (nSPS) is 12.2. The summed E-state index contributed by atoms with van der Waals surface area (Å²) in [6, 6.07) is 6.74. The Morgan fingerprint density at radius 2 is 2.21 bits per heavy atom. The number of benzene rings is 1. The molecule has 0 saturated heterocycles. The van der Waals surface area contributed by atoms with E-state index < -0.39 is 6.10 Å². The molecule has 0 saturated carbocycles. The number of carbonyl (C=O) groups excluding carboxylic acids is 1. The fourth-order valence-corrected chi connectivity index (χ4v) is 2.36. The summed E-state index contributed by atoms with van der Waals surface area (Å²) < 4.78 is 18.5. The van der Waals surface area contributed by atoms with Gasteiger partial charge in [-0.05, 0) is 25.5 Å². The molecule has 0 heterocycles. The fraction of sp³-hybridized carbons (Fsp3) is 0.500. The molecule has 1 unspecified atom stereocenters. The van der Waals surface area contributed by atoms with Gasteiger partial charge in [0.15, 0.2) is 0 Å². The lowest BCUT2D eigenvalue weighted by Crippen LogP contribution is -2.35. The molecule has 1 aromatic rings. The van der Waals surface area contributed by atoms with Gasteiger partial charge < -0.3 is 10.1 Å². The zero-order chi connectivity index (χ0) is 14.1. The first-order valence-corrected chi connectivity index (χ1v) is 7.51. The van der Waals surface area contributed by atoms with Crippen LogP contribution >= 0.6 is 11.8 Å². The Morgan fingerprint density at radius 1 is 1.47 bits per heavy atom. The van der Waals surface area contributed by atoms with E-state index in [0.717, 1.165) is 5.75 Å². The third kappa shape index (κ3) is 6.07. The van der Waals surface area contributed by atoms with Crippen molar-refractivity contribution < 1.29 is 13.9 Å². The first kappa shape index (κ1) is 16.0. The maximum absolute atomic E-state index is 13.3. The first-order valence-electron chi connectivity index (χ1n) is 6.35. The average Bonchev–Trinajstić information content (AvgIpc) is 2.40. The van der Waals surface area contributed by atoms with Crippen molar-refractivity contribution in [1.29, 1.82) is 0 Å². The molecule has 0 fully saturated rings. The van der Waals surface area contributed by atoms with Crippen molar-refractivity contribution >= 4 is 17.7 Å². The van der Waals surface area contributed by atoms with Gasteiger partial charge in [-0.25, -0.2) is 4.39 Å². The van der Waals surface area contributed by atoms with Crippen molar-refractivity contribution in [1.82, 2.24) is 5.32 Å². The van der Waals surface area contributed by atoms with Crippen LogP contribution in [0.3, 0.4) is 0 Å². The first-order chi connectivity index (χ1) is 9.15. The summed E-state index contributed by atoms with van der Waals surface area (Å²) in [5.74, 6) is 1.08. The molecule has 0 spiro atoms. The molecule has 0 aromatic heterocycles. The van der Waals surface area contributed by atoms with Gasteiger partial charge in [-0.2, -0.15) is 11.8 Å². The van der Waals surface area contributed by atoms with Crippen LogP contribution in [0.25, 0.3) is 0 Å². The van der Waals surface area contributed by atoms with E-state index in [1.54, 1.807) is 30.8 Å². The minimum absolute atomic E-state index is 0.103. The third-order valence-corrected chi connectivity index (χ3v) is 3.55. The Hall–Kier alpha value is -1.07. The molecule has 1 rings (SSSR count). The molecule has 0 aliphatic rings. The van der Waals surface area contributed by atoms with Crippen LogP contribution in [0.5, 0.6) is 0 Å². The summed E-state index contributed by atoms with van der Waals surface area (Å²) >= 11 is 1.59. The molecule has 1 N–H and O–H groups in total. The van der Waals surface area contributed by atoms with Gasteiger partial charge in [0, 0.05) is 24.7 Å². The van der Waals surface area contributed by atoms with Crippen LogP contribution in [0.4, 0.5) is 4.39 Å². The zero-order valence-electron chi connectivity index (χ0n) is 11.3. The third-order valence-electron chi connectivity index (χ3n) is 2.55. The summed E-state index contributed by atoms with van der Waals surface area (Å²) in [5, 5.41) is 2.79. The van der Waals surface area contributed by atoms with Crippen molar-refractivity contribution in [3.05, 3.63) is 35.6 Å². The second-order valence-electron chi connectivity index (χ2n) is 4.03. The minimum atomic E-state index is -0.415. The van der Waals surface area contributed by atoms with Crippen LogP contribution in [-0.2, 0) is 15.3 Å². The van der Waals surface area contributed by atoms with E-state index in [2.05, 4.69) is 5.32 Å². The van der Waals surface area contributed by atoms with Gasteiger partial charge in [0.25, 0.3) is 0 Å². The van der Waals surface area contributed by atoms with Crippen LogP contribution in [0.1, 0.15) is 19.4 Å². The number of carbonyl (C=O) groups is 1. The summed E-state index contributed by atoms with van der Waals surface area (Å²) in [5.41, 5.74) is 0.696. The Morgan fingerprint density at radius 3 is 2.89 bits per heavy atom. The predicted molar refractivity (Wildman–Crippen MR) is 76.7 cm³/mol. The highest BCUT2D eigenvalue weighted by molar-refractivity contribution is 7.98. The number of ether oxygens (including phenoxy) is 1. The van der Waals surface area contributed by atoms with Gasteiger partial charge in [-0.3, -0.25) is 4.79 Å². The summed E-state index contributed by atoms with van der Waals surface area (Å²) in [4.78, 5) is 11.5. The highest BCUT2D eigenvalue weighted by Gasteiger charge is 2.11. The Bertz CT molecular complexity index is 401. The van der Waals surface area contributed by atoms with E-state index in [1.165, 1.54) is 6.07 Å². The molecule has 1 atom stereocenters. The lowest BCUT2D eigenvalue weighted by molar-refractivity contribution is -0.131. The second-order valence-corrected chi connectivity index (χ2v) is 5.14. The maximum atomic E-state index is 13.3. The Kier molecular flexibility index (Phi) is 7.52. The fourth-order valence-electron chi connectivity index (χ4n) is 1.51. The number of halogens is 1. The molecule has 0 aliphatic carbocycles. The van der Waals surface area contributed by atoms with Gasteiger partial charge in [0.2, 0.25) is 5.91 Å². The number of nitrogens with one attached hydrogen (secondary N) is 1. The Balaban J connectivity index is 2.15. The number of hydrogen-bond donors (Lipinski definition) is 1. The molecule has 5 heteroatoms. The molecule has 1 amide bonds. The molecule has 0 radical (unpaired) electrons. The number of rotatable bonds is 8. The van der Waals surface area contributed by atoms with Crippen molar-refractivity contribution in [2.45, 2.75) is 25.7 Å². The molecule has 106 valence electrons. The summed E-state index contributed by atoms with van der Waals surface area (Å²) in [7, 11) is 0. The standard InChI is InChI=1S/C14H20FNO2S/c1-3-18-11(2)14(17)16-8-9-19-10-12-6-4-5-7-13(12)15/h4-7,11H,3,8-10H2,1-2H3,(H,16,17). The van der Waals surface area contributed by atoms with Crippen LogP contribution in [0, 0.1) is 5.82 Å². The van der Waals surface area contributed by atoms with Crippen molar-refractivity contribution in [2.75, 3.05) is 18.9 Å². The highest BCUT2D eigenvalue weighted by atomic mass is 32.2. The summed E-state index contributed by atoms with van der Waals surface area (Å²) in [6.45, 7) is 4.67. The van der Waals surface area contributed by atoms with E-state index in [-0.39, 0.29) is 11.7 Å². The molecule has 3 nitrogen and oxygen atoms in total. The van der Waals surface area contributed by atoms with E-state index in [1.807, 2.05) is 13.0 Å². The predicted octanol–water partition coefficient (Wildman–Crippen LogP) is 2.60. The quantitative estimate of drug-likeness (QED) is 0.746. The van der Waals surface area contributed by atoms with E-state index in [0.29, 0.717) is 24.5 Å². The molecular formula is C14H20FNO2S. The maximum Gasteiger partial charge on any atom is 0.248 e. The van der Waals surface area contributed by atoms with Gasteiger partial charge in [-0.1, -0.05) is 18.2 Å². The molecular weight excluding hydrogens is 265 g/mol. The van der Waals surface area contributed by atoms with Gasteiger partial charge in [0.1, 0.15) is 11.9 Å². The monoisotopic (exact) mass is 285 g/mol.